The van der Waals surface area contributed by atoms with Crippen molar-refractivity contribution >= 4 is 34.9 Å². The fourth-order valence-electron chi connectivity index (χ4n) is 2.30. The molecule has 2 rings (SSSR count). The Morgan fingerprint density at radius 3 is 2.86 bits per heavy atom. The Hall–Kier alpha value is -1.95. The quantitative estimate of drug-likeness (QED) is 0.666. The molecule has 0 aliphatic carbocycles. The van der Waals surface area contributed by atoms with Gasteiger partial charge in [-0.3, -0.25) is 9.59 Å². The van der Waals surface area contributed by atoms with Crippen LogP contribution in [0.25, 0.3) is 0 Å². The first-order valence-corrected chi connectivity index (χ1v) is 7.87. The van der Waals surface area contributed by atoms with Gasteiger partial charge in [0.1, 0.15) is 0 Å². The normalized spacial score (nSPS) is 12.7. The molecule has 0 unspecified atom stereocenters. The highest BCUT2D eigenvalue weighted by molar-refractivity contribution is 7.80. The summed E-state index contributed by atoms with van der Waals surface area (Å²) in [5.41, 5.74) is 2.26. The second kappa shape index (κ2) is 7.89. The van der Waals surface area contributed by atoms with E-state index in [1.165, 1.54) is 5.56 Å². The van der Waals surface area contributed by atoms with Crippen molar-refractivity contribution in [3.05, 3.63) is 29.8 Å². The van der Waals surface area contributed by atoms with Gasteiger partial charge in [-0.05, 0) is 36.7 Å². The van der Waals surface area contributed by atoms with E-state index in [4.69, 9.17) is 17.0 Å². The monoisotopic (exact) mass is 320 g/mol. The number of esters is 1. The molecule has 22 heavy (non-hydrogen) atoms. The molecule has 1 heterocycles. The fraction of sp³-hybridized carbons (Fsp3) is 0.438. The average molecular weight is 320 g/mol. The van der Waals surface area contributed by atoms with Crippen LogP contribution < -0.4 is 10.2 Å². The van der Waals surface area contributed by atoms with Gasteiger partial charge in [0.15, 0.2) is 5.11 Å². The minimum atomic E-state index is -0.352. The third-order valence-corrected chi connectivity index (χ3v) is 3.72. The van der Waals surface area contributed by atoms with E-state index >= 15 is 0 Å². The highest BCUT2D eigenvalue weighted by Crippen LogP contribution is 2.27. The maximum Gasteiger partial charge on any atom is 0.306 e. The van der Waals surface area contributed by atoms with Crippen LogP contribution in [0, 0.1) is 0 Å². The summed E-state index contributed by atoms with van der Waals surface area (Å²) in [6, 6.07) is 7.99. The molecule has 1 aromatic carbocycles. The SMILES string of the molecule is CCCOC(=O)CCC(=O)NC(=S)N1CCc2ccccc21. The average Bonchev–Trinajstić information content (AvgIpc) is 2.95. The van der Waals surface area contributed by atoms with Crippen molar-refractivity contribution in [3.63, 3.8) is 0 Å². The van der Waals surface area contributed by atoms with Gasteiger partial charge in [-0.15, -0.1) is 0 Å². The molecule has 5 nitrogen and oxygen atoms in total. The molecule has 0 saturated carbocycles. The summed E-state index contributed by atoms with van der Waals surface area (Å²) in [6.07, 6.45) is 1.84. The van der Waals surface area contributed by atoms with Gasteiger partial charge >= 0.3 is 5.97 Å². The van der Waals surface area contributed by atoms with Gasteiger partial charge in [0.25, 0.3) is 0 Å². The van der Waals surface area contributed by atoms with Gasteiger partial charge in [0.2, 0.25) is 5.91 Å². The van der Waals surface area contributed by atoms with Gasteiger partial charge in [0.05, 0.1) is 13.0 Å². The first-order chi connectivity index (χ1) is 10.6. The van der Waals surface area contributed by atoms with Crippen LogP contribution in [-0.2, 0) is 20.7 Å². The van der Waals surface area contributed by atoms with E-state index < -0.39 is 0 Å². The number of carbonyl (C=O) groups excluding carboxylic acids is 2. The Morgan fingerprint density at radius 1 is 1.32 bits per heavy atom. The first-order valence-electron chi connectivity index (χ1n) is 7.46. The topological polar surface area (TPSA) is 58.6 Å². The summed E-state index contributed by atoms with van der Waals surface area (Å²) >= 11 is 5.29. The van der Waals surface area contributed by atoms with Crippen molar-refractivity contribution in [2.75, 3.05) is 18.1 Å². The van der Waals surface area contributed by atoms with Crippen LogP contribution >= 0.6 is 12.2 Å². The highest BCUT2D eigenvalue weighted by Gasteiger charge is 2.22. The van der Waals surface area contributed by atoms with Gasteiger partial charge in [-0.1, -0.05) is 25.1 Å². The zero-order chi connectivity index (χ0) is 15.9. The fourth-order valence-corrected chi connectivity index (χ4v) is 2.61. The number of amides is 1. The van der Waals surface area contributed by atoms with Crippen LogP contribution in [0.4, 0.5) is 5.69 Å². The van der Waals surface area contributed by atoms with Crippen LogP contribution in [0.5, 0.6) is 0 Å². The van der Waals surface area contributed by atoms with E-state index in [0.717, 1.165) is 25.1 Å². The molecule has 1 aliphatic heterocycles. The predicted molar refractivity (Wildman–Crippen MR) is 88.7 cm³/mol. The second-order valence-corrected chi connectivity index (χ2v) is 5.49. The first kappa shape index (κ1) is 16.4. The Bertz CT molecular complexity index is 574. The Labute approximate surface area is 135 Å². The molecular weight excluding hydrogens is 300 g/mol. The van der Waals surface area contributed by atoms with Crippen LogP contribution in [0.15, 0.2) is 24.3 Å². The Kier molecular flexibility index (Phi) is 5.89. The molecule has 118 valence electrons. The molecule has 0 bridgehead atoms. The molecule has 1 aromatic rings. The van der Waals surface area contributed by atoms with Crippen molar-refractivity contribution in [1.29, 1.82) is 0 Å². The highest BCUT2D eigenvalue weighted by atomic mass is 32.1. The smallest absolute Gasteiger partial charge is 0.306 e. The summed E-state index contributed by atoms with van der Waals surface area (Å²) < 4.78 is 4.93. The number of hydrogen-bond donors (Lipinski definition) is 1. The lowest BCUT2D eigenvalue weighted by Gasteiger charge is -2.20. The molecule has 0 saturated heterocycles. The summed E-state index contributed by atoms with van der Waals surface area (Å²) in [5, 5.41) is 3.07. The molecule has 0 atom stereocenters. The lowest BCUT2D eigenvalue weighted by atomic mass is 10.2. The van der Waals surface area contributed by atoms with Crippen molar-refractivity contribution in [2.45, 2.75) is 32.6 Å². The number of nitrogens with one attached hydrogen (secondary N) is 1. The Morgan fingerprint density at radius 2 is 2.09 bits per heavy atom. The van der Waals surface area contributed by atoms with Crippen molar-refractivity contribution in [1.82, 2.24) is 5.32 Å². The number of rotatable bonds is 5. The van der Waals surface area contributed by atoms with Crippen LogP contribution in [0.1, 0.15) is 31.7 Å². The molecule has 0 fully saturated rings. The second-order valence-electron chi connectivity index (χ2n) is 5.10. The summed E-state index contributed by atoms with van der Waals surface area (Å²) in [6.45, 7) is 3.08. The van der Waals surface area contributed by atoms with Crippen molar-refractivity contribution < 1.29 is 14.3 Å². The number of carbonyl (C=O) groups is 2. The number of anilines is 1. The largest absolute Gasteiger partial charge is 0.466 e. The maximum absolute atomic E-state index is 11.9. The van der Waals surface area contributed by atoms with Crippen LogP contribution in [0.3, 0.4) is 0 Å². The van der Waals surface area contributed by atoms with E-state index in [2.05, 4.69) is 11.4 Å². The number of fused-ring (bicyclic) bond motifs is 1. The minimum absolute atomic E-state index is 0.0744. The lowest BCUT2D eigenvalue weighted by Crippen LogP contribution is -2.42. The number of benzene rings is 1. The standard InChI is InChI=1S/C16H20N2O3S/c1-2-11-21-15(20)8-7-14(19)17-16(22)18-10-9-12-5-3-4-6-13(12)18/h3-6H,2,7-11H2,1H3,(H,17,19,22). The zero-order valence-corrected chi connectivity index (χ0v) is 13.4. The number of para-hydroxylation sites is 1. The molecule has 1 amide bonds. The zero-order valence-electron chi connectivity index (χ0n) is 12.6. The van der Waals surface area contributed by atoms with E-state index in [1.807, 2.05) is 30.0 Å². The summed E-state index contributed by atoms with van der Waals surface area (Å²) in [7, 11) is 0. The molecule has 1 N–H and O–H groups in total. The molecular formula is C16H20N2O3S. The van der Waals surface area contributed by atoms with E-state index in [9.17, 15) is 9.59 Å². The van der Waals surface area contributed by atoms with Gasteiger partial charge < -0.3 is 15.0 Å². The van der Waals surface area contributed by atoms with E-state index in [0.29, 0.717) is 11.7 Å². The van der Waals surface area contributed by atoms with Crippen molar-refractivity contribution in [2.24, 2.45) is 0 Å². The molecule has 6 heteroatoms. The van der Waals surface area contributed by atoms with Gasteiger partial charge in [-0.2, -0.15) is 0 Å². The Balaban J connectivity index is 1.80. The van der Waals surface area contributed by atoms with Crippen molar-refractivity contribution in [3.8, 4) is 0 Å². The number of ether oxygens (including phenoxy) is 1. The van der Waals surface area contributed by atoms with Crippen LogP contribution in [-0.4, -0.2) is 30.1 Å². The number of nitrogens with zero attached hydrogens (tertiary/aromatic N) is 1. The van der Waals surface area contributed by atoms with E-state index in [-0.39, 0.29) is 24.7 Å². The number of hydrogen-bond acceptors (Lipinski definition) is 4. The van der Waals surface area contributed by atoms with E-state index in [1.54, 1.807) is 0 Å². The predicted octanol–water partition coefficient (Wildman–Crippen LogP) is 2.18. The third-order valence-electron chi connectivity index (χ3n) is 3.40. The maximum atomic E-state index is 11.9. The summed E-state index contributed by atoms with van der Waals surface area (Å²) in [5.74, 6) is -0.614. The van der Waals surface area contributed by atoms with Gasteiger partial charge in [-0.25, -0.2) is 0 Å². The van der Waals surface area contributed by atoms with Crippen LogP contribution in [0.2, 0.25) is 0 Å². The molecule has 0 radical (unpaired) electrons. The molecule has 0 aromatic heterocycles. The molecule has 0 spiro atoms. The lowest BCUT2D eigenvalue weighted by molar-refractivity contribution is -0.144. The summed E-state index contributed by atoms with van der Waals surface area (Å²) in [4.78, 5) is 25.1. The molecule has 1 aliphatic rings. The van der Waals surface area contributed by atoms with Gasteiger partial charge in [0, 0.05) is 18.7 Å². The minimum Gasteiger partial charge on any atom is -0.466 e. The number of thiocarbonyl (C=S) groups is 1. The third kappa shape index (κ3) is 4.27.